The zero-order chi connectivity index (χ0) is 12.0. The number of nitrogen functional groups attached to an aromatic ring is 1. The quantitative estimate of drug-likeness (QED) is 0.730. The highest BCUT2D eigenvalue weighted by Gasteiger charge is 2.51. The number of imide groups is 1. The van der Waals surface area contributed by atoms with Crippen LogP contribution in [0.15, 0.2) is 18.3 Å². The van der Waals surface area contributed by atoms with Crippen LogP contribution in [0.3, 0.4) is 0 Å². The lowest BCUT2D eigenvalue weighted by Crippen LogP contribution is -2.33. The number of pyridine rings is 1. The number of amides is 2. The Morgan fingerprint density at radius 1 is 1.24 bits per heavy atom. The number of rotatable bonds is 1. The highest BCUT2D eigenvalue weighted by molar-refractivity contribution is 6.22. The van der Waals surface area contributed by atoms with Crippen molar-refractivity contribution in [3.05, 3.63) is 18.3 Å². The molecule has 0 bridgehead atoms. The summed E-state index contributed by atoms with van der Waals surface area (Å²) in [7, 11) is 0. The molecule has 0 aromatic carbocycles. The molecule has 3 rings (SSSR count). The van der Waals surface area contributed by atoms with Crippen molar-refractivity contribution in [2.24, 2.45) is 11.8 Å². The summed E-state index contributed by atoms with van der Waals surface area (Å²) in [6.07, 6.45) is 4.11. The van der Waals surface area contributed by atoms with Crippen LogP contribution in [0.2, 0.25) is 0 Å². The maximum Gasteiger partial charge on any atom is 0.238 e. The average Bonchev–Trinajstić information content (AvgIpc) is 2.87. The maximum absolute atomic E-state index is 12.2. The Hall–Kier alpha value is -1.91. The molecular formula is C12H13N3O2. The summed E-state index contributed by atoms with van der Waals surface area (Å²) in [6, 6.07) is 3.33. The molecule has 2 amide bonds. The molecule has 2 unspecified atom stereocenters. The first-order valence-electron chi connectivity index (χ1n) is 5.78. The van der Waals surface area contributed by atoms with E-state index in [1.807, 2.05) is 0 Å². The van der Waals surface area contributed by atoms with Crippen LogP contribution in [0.1, 0.15) is 19.3 Å². The smallest absolute Gasteiger partial charge is 0.238 e. The van der Waals surface area contributed by atoms with E-state index in [1.165, 1.54) is 4.90 Å². The lowest BCUT2D eigenvalue weighted by Gasteiger charge is -2.16. The number of nitrogens with two attached hydrogens (primary N) is 1. The summed E-state index contributed by atoms with van der Waals surface area (Å²) < 4.78 is 0. The fourth-order valence-corrected chi connectivity index (χ4v) is 2.80. The molecule has 1 saturated carbocycles. The molecule has 17 heavy (non-hydrogen) atoms. The van der Waals surface area contributed by atoms with E-state index in [1.54, 1.807) is 18.3 Å². The summed E-state index contributed by atoms with van der Waals surface area (Å²) in [6.45, 7) is 0. The van der Waals surface area contributed by atoms with E-state index in [-0.39, 0.29) is 29.5 Å². The Morgan fingerprint density at radius 2 is 1.88 bits per heavy atom. The minimum absolute atomic E-state index is 0.136. The summed E-state index contributed by atoms with van der Waals surface area (Å²) in [5.41, 5.74) is 6.14. The maximum atomic E-state index is 12.2. The minimum atomic E-state index is -0.149. The zero-order valence-electron chi connectivity index (χ0n) is 9.30. The summed E-state index contributed by atoms with van der Waals surface area (Å²) in [5.74, 6) is -0.282. The van der Waals surface area contributed by atoms with E-state index < -0.39 is 0 Å². The first-order valence-corrected chi connectivity index (χ1v) is 5.78. The van der Waals surface area contributed by atoms with Gasteiger partial charge >= 0.3 is 0 Å². The van der Waals surface area contributed by atoms with Crippen molar-refractivity contribution in [3.63, 3.8) is 0 Å². The molecule has 2 aliphatic rings. The average molecular weight is 231 g/mol. The van der Waals surface area contributed by atoms with Crippen LogP contribution in [-0.2, 0) is 9.59 Å². The highest BCUT2D eigenvalue weighted by atomic mass is 16.2. The van der Waals surface area contributed by atoms with E-state index in [4.69, 9.17) is 5.73 Å². The monoisotopic (exact) mass is 231 g/mol. The first kappa shape index (κ1) is 10.3. The van der Waals surface area contributed by atoms with Gasteiger partial charge in [0.15, 0.2) is 5.82 Å². The molecule has 1 saturated heterocycles. The van der Waals surface area contributed by atoms with Gasteiger partial charge in [-0.05, 0) is 25.0 Å². The molecule has 5 nitrogen and oxygen atoms in total. The van der Waals surface area contributed by atoms with Crippen molar-refractivity contribution in [2.45, 2.75) is 19.3 Å². The number of aromatic nitrogens is 1. The molecule has 5 heteroatoms. The molecule has 2 heterocycles. The number of hydrogen-bond donors (Lipinski definition) is 1. The summed E-state index contributed by atoms with van der Waals surface area (Å²) >= 11 is 0. The van der Waals surface area contributed by atoms with Gasteiger partial charge in [-0.25, -0.2) is 9.88 Å². The lowest BCUT2D eigenvalue weighted by atomic mass is 10.00. The molecule has 1 aromatic rings. The van der Waals surface area contributed by atoms with Crippen LogP contribution < -0.4 is 10.6 Å². The molecule has 0 spiro atoms. The molecule has 1 aliphatic heterocycles. The minimum Gasteiger partial charge on any atom is -0.396 e. The molecule has 0 radical (unpaired) electrons. The number of nitrogens with zero attached hydrogens (tertiary/aromatic N) is 2. The van der Waals surface area contributed by atoms with Crippen LogP contribution in [0.5, 0.6) is 0 Å². The third-order valence-corrected chi connectivity index (χ3v) is 3.62. The second-order valence-electron chi connectivity index (χ2n) is 4.57. The lowest BCUT2D eigenvalue weighted by molar-refractivity contribution is -0.122. The SMILES string of the molecule is Nc1cccnc1N1C(=O)C2CCCC2C1=O. The van der Waals surface area contributed by atoms with Crippen LogP contribution in [0, 0.1) is 11.8 Å². The predicted molar refractivity (Wildman–Crippen MR) is 62.0 cm³/mol. The van der Waals surface area contributed by atoms with Crippen molar-refractivity contribution in [2.75, 3.05) is 10.6 Å². The largest absolute Gasteiger partial charge is 0.396 e. The van der Waals surface area contributed by atoms with Gasteiger partial charge in [-0.15, -0.1) is 0 Å². The van der Waals surface area contributed by atoms with E-state index in [0.29, 0.717) is 5.69 Å². The number of carbonyl (C=O) groups excluding carboxylic acids is 2. The van der Waals surface area contributed by atoms with E-state index >= 15 is 0 Å². The van der Waals surface area contributed by atoms with Gasteiger partial charge in [-0.3, -0.25) is 9.59 Å². The molecule has 2 N–H and O–H groups in total. The molecule has 88 valence electrons. The molecule has 1 aromatic heterocycles. The number of carbonyl (C=O) groups is 2. The predicted octanol–water partition coefficient (Wildman–Crippen LogP) is 0.953. The van der Waals surface area contributed by atoms with E-state index in [0.717, 1.165) is 19.3 Å². The third kappa shape index (κ3) is 1.35. The normalized spacial score (nSPS) is 27.6. The van der Waals surface area contributed by atoms with Crippen molar-refractivity contribution >= 4 is 23.3 Å². The zero-order valence-corrected chi connectivity index (χ0v) is 9.30. The van der Waals surface area contributed by atoms with Crippen LogP contribution in [0.25, 0.3) is 0 Å². The highest BCUT2D eigenvalue weighted by Crippen LogP contribution is 2.41. The fraction of sp³-hybridized carbons (Fsp3) is 0.417. The van der Waals surface area contributed by atoms with Gasteiger partial charge in [-0.2, -0.15) is 0 Å². The standard InChI is InChI=1S/C12H13N3O2/c13-9-5-2-6-14-10(9)15-11(16)7-3-1-4-8(7)12(15)17/h2,5-8H,1,3-4,13H2. The van der Waals surface area contributed by atoms with Gasteiger partial charge in [0.05, 0.1) is 17.5 Å². The fourth-order valence-electron chi connectivity index (χ4n) is 2.80. The molecular weight excluding hydrogens is 218 g/mol. The molecule has 2 fully saturated rings. The van der Waals surface area contributed by atoms with Crippen LogP contribution >= 0.6 is 0 Å². The van der Waals surface area contributed by atoms with Gasteiger partial charge in [0, 0.05) is 6.20 Å². The summed E-state index contributed by atoms with van der Waals surface area (Å²) in [5, 5.41) is 0. The Labute approximate surface area is 98.6 Å². The van der Waals surface area contributed by atoms with Crippen molar-refractivity contribution < 1.29 is 9.59 Å². The van der Waals surface area contributed by atoms with Gasteiger partial charge in [0.1, 0.15) is 0 Å². The van der Waals surface area contributed by atoms with Crippen molar-refractivity contribution in [3.8, 4) is 0 Å². The second kappa shape index (κ2) is 3.55. The van der Waals surface area contributed by atoms with Gasteiger partial charge in [0.25, 0.3) is 0 Å². The van der Waals surface area contributed by atoms with Crippen molar-refractivity contribution in [1.82, 2.24) is 4.98 Å². The van der Waals surface area contributed by atoms with Crippen LogP contribution in [0.4, 0.5) is 11.5 Å². The summed E-state index contributed by atoms with van der Waals surface area (Å²) in [4.78, 5) is 29.5. The number of anilines is 2. The van der Waals surface area contributed by atoms with E-state index in [9.17, 15) is 9.59 Å². The van der Waals surface area contributed by atoms with Crippen molar-refractivity contribution in [1.29, 1.82) is 0 Å². The Bertz CT molecular complexity index is 478. The third-order valence-electron chi connectivity index (χ3n) is 3.62. The Kier molecular flexibility index (Phi) is 2.14. The first-order chi connectivity index (χ1) is 8.20. The number of fused-ring (bicyclic) bond motifs is 1. The Morgan fingerprint density at radius 3 is 2.47 bits per heavy atom. The second-order valence-corrected chi connectivity index (χ2v) is 4.57. The Balaban J connectivity index is 2.03. The topological polar surface area (TPSA) is 76.3 Å². The molecule has 1 aliphatic carbocycles. The van der Waals surface area contributed by atoms with Gasteiger partial charge < -0.3 is 5.73 Å². The van der Waals surface area contributed by atoms with Gasteiger partial charge in [-0.1, -0.05) is 6.42 Å². The van der Waals surface area contributed by atoms with Gasteiger partial charge in [0.2, 0.25) is 11.8 Å². The van der Waals surface area contributed by atoms with E-state index in [2.05, 4.69) is 4.98 Å². The molecule has 2 atom stereocenters. The van der Waals surface area contributed by atoms with Crippen LogP contribution in [-0.4, -0.2) is 16.8 Å². The number of hydrogen-bond acceptors (Lipinski definition) is 4.